The van der Waals surface area contributed by atoms with E-state index in [1.165, 1.54) is 18.2 Å². The summed E-state index contributed by atoms with van der Waals surface area (Å²) in [7, 11) is -4.10. The van der Waals surface area contributed by atoms with Crippen molar-refractivity contribution >= 4 is 61.3 Å². The summed E-state index contributed by atoms with van der Waals surface area (Å²) in [4.78, 5) is 12.4. The highest BCUT2D eigenvalue weighted by Crippen LogP contribution is 2.32. The van der Waals surface area contributed by atoms with Gasteiger partial charge in [-0.05, 0) is 42.5 Å². The lowest BCUT2D eigenvalue weighted by Crippen LogP contribution is -2.13. The van der Waals surface area contributed by atoms with Crippen LogP contribution in [0.2, 0.25) is 10.0 Å². The molecule has 0 fully saturated rings. The summed E-state index contributed by atoms with van der Waals surface area (Å²) in [5.41, 5.74) is 0.376. The summed E-state index contributed by atoms with van der Waals surface area (Å²) in [6.07, 6.45) is 0. The molecule has 0 spiro atoms. The van der Waals surface area contributed by atoms with E-state index in [1.54, 1.807) is 48.5 Å². The number of benzene rings is 3. The van der Waals surface area contributed by atoms with Crippen LogP contribution in [0, 0.1) is 0 Å². The fraction of sp³-hybridized carbons (Fsp3) is 0. The molecular formula is C21H14Cl2N4O4S2. The van der Waals surface area contributed by atoms with Gasteiger partial charge in [0.2, 0.25) is 5.13 Å². The minimum atomic E-state index is -4.10. The van der Waals surface area contributed by atoms with Gasteiger partial charge in [0.15, 0.2) is 5.75 Å². The summed E-state index contributed by atoms with van der Waals surface area (Å²) in [5.74, 6) is 0.278. The van der Waals surface area contributed by atoms with Crippen molar-refractivity contribution in [3.63, 3.8) is 0 Å². The predicted octanol–water partition coefficient (Wildman–Crippen LogP) is 5.69. The quantitative estimate of drug-likeness (QED) is 0.303. The maximum Gasteiger partial charge on any atom is 0.291 e. The molecule has 0 bridgehead atoms. The van der Waals surface area contributed by atoms with Crippen LogP contribution in [0.1, 0.15) is 10.4 Å². The molecule has 8 nitrogen and oxygen atoms in total. The van der Waals surface area contributed by atoms with E-state index in [0.29, 0.717) is 27.9 Å². The van der Waals surface area contributed by atoms with E-state index in [1.807, 2.05) is 6.07 Å². The lowest BCUT2D eigenvalue weighted by molar-refractivity contribution is 0.102. The van der Waals surface area contributed by atoms with E-state index in [-0.39, 0.29) is 25.7 Å². The van der Waals surface area contributed by atoms with Crippen molar-refractivity contribution in [1.29, 1.82) is 0 Å². The van der Waals surface area contributed by atoms with Gasteiger partial charge in [0, 0.05) is 5.02 Å². The highest BCUT2D eigenvalue weighted by Gasteiger charge is 2.23. The van der Waals surface area contributed by atoms with Gasteiger partial charge >= 0.3 is 0 Å². The Hall–Kier alpha value is -3.18. The number of amides is 1. The van der Waals surface area contributed by atoms with Crippen LogP contribution in [0.3, 0.4) is 0 Å². The van der Waals surface area contributed by atoms with Crippen molar-refractivity contribution in [2.24, 2.45) is 0 Å². The number of hydrogen-bond donors (Lipinski definition) is 2. The fourth-order valence-electron chi connectivity index (χ4n) is 2.65. The van der Waals surface area contributed by atoms with E-state index >= 15 is 0 Å². The maximum atomic E-state index is 12.9. The first-order valence-electron chi connectivity index (χ1n) is 9.26. The van der Waals surface area contributed by atoms with Gasteiger partial charge in [-0.15, -0.1) is 10.2 Å². The summed E-state index contributed by atoms with van der Waals surface area (Å²) >= 11 is 12.6. The van der Waals surface area contributed by atoms with Gasteiger partial charge in [0.1, 0.15) is 5.75 Å². The number of halogens is 2. The Morgan fingerprint density at radius 2 is 1.67 bits per heavy atom. The topological polar surface area (TPSA) is 110 Å². The molecule has 1 amide bonds. The van der Waals surface area contributed by atoms with Crippen LogP contribution in [0.5, 0.6) is 11.5 Å². The third-order valence-electron chi connectivity index (χ3n) is 4.13. The van der Waals surface area contributed by atoms with E-state index in [2.05, 4.69) is 20.2 Å². The number of carbonyl (C=O) groups is 1. The van der Waals surface area contributed by atoms with Crippen LogP contribution in [-0.2, 0) is 10.0 Å². The lowest BCUT2D eigenvalue weighted by Gasteiger charge is -2.12. The number of carbonyl (C=O) groups excluding carboxylic acids is 1. The average Bonchev–Trinajstić information content (AvgIpc) is 3.25. The molecule has 3 aromatic carbocycles. The summed E-state index contributed by atoms with van der Waals surface area (Å²) in [6, 6.07) is 19.9. The first-order chi connectivity index (χ1) is 15.8. The first kappa shape index (κ1) is 23.0. The van der Waals surface area contributed by atoms with Gasteiger partial charge < -0.3 is 4.74 Å². The van der Waals surface area contributed by atoms with E-state index in [0.717, 1.165) is 0 Å². The van der Waals surface area contributed by atoms with Crippen LogP contribution in [-0.4, -0.2) is 24.5 Å². The highest BCUT2D eigenvalue weighted by atomic mass is 35.5. The molecule has 12 heteroatoms. The number of nitrogens with one attached hydrogen (secondary N) is 2. The molecule has 0 aliphatic heterocycles. The molecule has 0 aliphatic rings. The summed E-state index contributed by atoms with van der Waals surface area (Å²) in [5, 5.41) is 10.4. The molecule has 0 unspecified atom stereocenters. The van der Waals surface area contributed by atoms with Crippen molar-refractivity contribution in [1.82, 2.24) is 10.2 Å². The number of sulfonamides is 1. The Morgan fingerprint density at radius 3 is 2.42 bits per heavy atom. The Labute approximate surface area is 203 Å². The second-order valence-electron chi connectivity index (χ2n) is 6.47. The maximum absolute atomic E-state index is 12.9. The monoisotopic (exact) mass is 520 g/mol. The van der Waals surface area contributed by atoms with Crippen LogP contribution in [0.25, 0.3) is 0 Å². The number of aromatic nitrogens is 2. The molecule has 0 saturated heterocycles. The van der Waals surface area contributed by atoms with Gasteiger partial charge in [-0.1, -0.05) is 64.9 Å². The van der Waals surface area contributed by atoms with Crippen LogP contribution >= 0.6 is 34.5 Å². The summed E-state index contributed by atoms with van der Waals surface area (Å²) in [6.45, 7) is 0. The van der Waals surface area contributed by atoms with E-state index in [4.69, 9.17) is 27.9 Å². The smallest absolute Gasteiger partial charge is 0.291 e. The summed E-state index contributed by atoms with van der Waals surface area (Å²) < 4.78 is 33.6. The zero-order valence-electron chi connectivity index (χ0n) is 16.5. The standard InChI is InChI=1S/C21H14Cl2N4O4S2/c22-13-10-11-15(16(23)12-13)19(28)24-20-25-26-21(32-20)33(29,30)27-17-8-4-5-9-18(17)31-14-6-2-1-3-7-14/h1-12,27H,(H,24,25,28). The van der Waals surface area contributed by atoms with Gasteiger partial charge in [-0.2, -0.15) is 8.42 Å². The van der Waals surface area contributed by atoms with E-state index < -0.39 is 15.9 Å². The number of nitrogens with zero attached hydrogens (tertiary/aromatic N) is 2. The minimum absolute atomic E-state index is 0.0137. The normalized spacial score (nSPS) is 11.1. The van der Waals surface area contributed by atoms with Crippen molar-refractivity contribution in [2.45, 2.75) is 4.34 Å². The molecule has 4 rings (SSSR count). The average molecular weight is 521 g/mol. The van der Waals surface area contributed by atoms with Gasteiger partial charge in [-0.3, -0.25) is 14.8 Å². The largest absolute Gasteiger partial charge is 0.455 e. The fourth-order valence-corrected chi connectivity index (χ4v) is 5.11. The molecule has 1 heterocycles. The molecular weight excluding hydrogens is 507 g/mol. The Morgan fingerprint density at radius 1 is 0.939 bits per heavy atom. The van der Waals surface area contributed by atoms with Crippen LogP contribution in [0.4, 0.5) is 10.8 Å². The second-order valence-corrected chi connectivity index (χ2v) is 10.1. The SMILES string of the molecule is O=C(Nc1nnc(S(=O)(=O)Nc2ccccc2Oc2ccccc2)s1)c1ccc(Cl)cc1Cl. The third-order valence-corrected chi connectivity index (χ3v) is 7.25. The Balaban J connectivity index is 1.51. The zero-order chi connectivity index (χ0) is 23.4. The molecule has 0 radical (unpaired) electrons. The lowest BCUT2D eigenvalue weighted by atomic mass is 10.2. The molecule has 0 saturated carbocycles. The molecule has 2 N–H and O–H groups in total. The number of anilines is 2. The number of hydrogen-bond acceptors (Lipinski definition) is 7. The number of ether oxygens (including phenoxy) is 1. The Kier molecular flexibility index (Phi) is 6.80. The van der Waals surface area contributed by atoms with Crippen molar-refractivity contribution < 1.29 is 17.9 Å². The van der Waals surface area contributed by atoms with Crippen LogP contribution < -0.4 is 14.8 Å². The number of para-hydroxylation sites is 3. The molecule has 0 aliphatic carbocycles. The van der Waals surface area contributed by atoms with Crippen LogP contribution in [0.15, 0.2) is 77.1 Å². The number of rotatable bonds is 7. The van der Waals surface area contributed by atoms with Crippen molar-refractivity contribution in [3.05, 3.63) is 88.4 Å². The van der Waals surface area contributed by atoms with Crippen molar-refractivity contribution in [3.8, 4) is 11.5 Å². The van der Waals surface area contributed by atoms with Gasteiger partial charge in [0.25, 0.3) is 20.3 Å². The molecule has 33 heavy (non-hydrogen) atoms. The first-order valence-corrected chi connectivity index (χ1v) is 12.3. The van der Waals surface area contributed by atoms with Crippen molar-refractivity contribution in [2.75, 3.05) is 10.0 Å². The third kappa shape index (κ3) is 5.60. The Bertz CT molecular complexity index is 1410. The molecule has 4 aromatic rings. The van der Waals surface area contributed by atoms with E-state index in [9.17, 15) is 13.2 Å². The molecule has 1 aromatic heterocycles. The second kappa shape index (κ2) is 9.75. The van der Waals surface area contributed by atoms with Gasteiger partial charge in [-0.25, -0.2) is 0 Å². The zero-order valence-corrected chi connectivity index (χ0v) is 19.7. The molecule has 0 atom stereocenters. The molecule has 168 valence electrons. The minimum Gasteiger partial charge on any atom is -0.455 e. The predicted molar refractivity (Wildman–Crippen MR) is 128 cm³/mol. The highest BCUT2D eigenvalue weighted by molar-refractivity contribution is 7.94. The van der Waals surface area contributed by atoms with Gasteiger partial charge in [0.05, 0.1) is 16.3 Å².